The highest BCUT2D eigenvalue weighted by Gasteiger charge is 2.57. The van der Waals surface area contributed by atoms with Crippen LogP contribution in [0.15, 0.2) is 18.6 Å². The Labute approximate surface area is 141 Å². The zero-order valence-corrected chi connectivity index (χ0v) is 14.3. The van der Waals surface area contributed by atoms with E-state index in [2.05, 4.69) is 26.9 Å². The van der Waals surface area contributed by atoms with E-state index in [0.29, 0.717) is 17.8 Å². The molecule has 0 spiro atoms. The fraction of sp³-hybridized carbons (Fsp3) is 0.588. The first-order valence-corrected chi connectivity index (χ1v) is 8.49. The standard InChI is InChI=1S/C17H23N5O2/c1-10(2)24-17(23)22-7-13-12(14(13)8-22)6-21(3)16-11-4-5-18-15(11)19-9-20-16/h4-5,9-10,12-14H,6-8H2,1-3H3,(H,18,19,20). The van der Waals surface area contributed by atoms with Gasteiger partial charge in [0.15, 0.2) is 0 Å². The summed E-state index contributed by atoms with van der Waals surface area (Å²) in [7, 11) is 2.08. The van der Waals surface area contributed by atoms with E-state index in [1.165, 1.54) is 0 Å². The minimum Gasteiger partial charge on any atom is -0.447 e. The largest absolute Gasteiger partial charge is 0.447 e. The van der Waals surface area contributed by atoms with Gasteiger partial charge in [-0.1, -0.05) is 0 Å². The van der Waals surface area contributed by atoms with Gasteiger partial charge in [-0.2, -0.15) is 0 Å². The van der Waals surface area contributed by atoms with Gasteiger partial charge in [0, 0.05) is 32.9 Å². The van der Waals surface area contributed by atoms with E-state index < -0.39 is 0 Å². The van der Waals surface area contributed by atoms with Crippen molar-refractivity contribution >= 4 is 22.9 Å². The second-order valence-electron chi connectivity index (χ2n) is 7.15. The molecule has 1 amide bonds. The molecule has 2 aromatic heterocycles. The number of nitrogens with one attached hydrogen (secondary N) is 1. The molecule has 7 nitrogen and oxygen atoms in total. The Morgan fingerprint density at radius 2 is 2.17 bits per heavy atom. The van der Waals surface area contributed by atoms with Crippen LogP contribution in [0.2, 0.25) is 0 Å². The van der Waals surface area contributed by atoms with Crippen molar-refractivity contribution < 1.29 is 9.53 Å². The van der Waals surface area contributed by atoms with E-state index in [9.17, 15) is 4.79 Å². The molecule has 1 saturated carbocycles. The molecule has 128 valence electrons. The first kappa shape index (κ1) is 15.2. The maximum Gasteiger partial charge on any atom is 0.410 e. The van der Waals surface area contributed by atoms with Crippen LogP contribution in [-0.4, -0.2) is 58.7 Å². The smallest absolute Gasteiger partial charge is 0.410 e. The van der Waals surface area contributed by atoms with Crippen LogP contribution in [0.5, 0.6) is 0 Å². The van der Waals surface area contributed by atoms with Crippen molar-refractivity contribution in [1.29, 1.82) is 0 Å². The molecule has 4 rings (SSSR count). The highest BCUT2D eigenvalue weighted by atomic mass is 16.6. The van der Waals surface area contributed by atoms with Gasteiger partial charge in [0.05, 0.1) is 11.5 Å². The highest BCUT2D eigenvalue weighted by Crippen LogP contribution is 2.52. The third-order valence-corrected chi connectivity index (χ3v) is 5.15. The van der Waals surface area contributed by atoms with Gasteiger partial charge in [-0.25, -0.2) is 14.8 Å². The molecule has 2 atom stereocenters. The lowest BCUT2D eigenvalue weighted by Crippen LogP contribution is -2.35. The number of aromatic nitrogens is 3. The summed E-state index contributed by atoms with van der Waals surface area (Å²) in [5.74, 6) is 2.77. The number of aromatic amines is 1. The minimum absolute atomic E-state index is 0.0575. The Bertz CT molecular complexity index is 746. The number of hydrogen-bond donors (Lipinski definition) is 1. The number of piperidine rings is 1. The summed E-state index contributed by atoms with van der Waals surface area (Å²) in [5, 5.41) is 1.05. The number of fused-ring (bicyclic) bond motifs is 2. The number of rotatable bonds is 4. The summed E-state index contributed by atoms with van der Waals surface area (Å²) < 4.78 is 5.28. The molecule has 1 saturated heterocycles. The molecule has 0 aromatic carbocycles. The van der Waals surface area contributed by atoms with Crippen molar-refractivity contribution in [3.05, 3.63) is 18.6 Å². The Kier molecular flexibility index (Phi) is 3.58. The lowest BCUT2D eigenvalue weighted by atomic mass is 10.2. The zero-order chi connectivity index (χ0) is 16.8. The predicted molar refractivity (Wildman–Crippen MR) is 90.8 cm³/mol. The SMILES string of the molecule is CC(C)OC(=O)N1CC2C(C1)C2CN(C)c1ncnc2[nH]ccc12. The first-order chi connectivity index (χ1) is 11.5. The lowest BCUT2D eigenvalue weighted by Gasteiger charge is -2.23. The molecule has 24 heavy (non-hydrogen) atoms. The average molecular weight is 329 g/mol. The van der Waals surface area contributed by atoms with Crippen molar-refractivity contribution in [2.45, 2.75) is 20.0 Å². The van der Waals surface area contributed by atoms with Crippen molar-refractivity contribution in [1.82, 2.24) is 19.9 Å². The van der Waals surface area contributed by atoms with E-state index >= 15 is 0 Å². The third-order valence-electron chi connectivity index (χ3n) is 5.15. The van der Waals surface area contributed by atoms with Crippen LogP contribution in [0, 0.1) is 17.8 Å². The number of likely N-dealkylation sites (tertiary alicyclic amines) is 1. The number of carbonyl (C=O) groups excluding carboxylic acids is 1. The van der Waals surface area contributed by atoms with Crippen LogP contribution in [0.4, 0.5) is 10.6 Å². The predicted octanol–water partition coefficient (Wildman–Crippen LogP) is 2.12. The van der Waals surface area contributed by atoms with E-state index in [-0.39, 0.29) is 12.2 Å². The van der Waals surface area contributed by atoms with Gasteiger partial charge in [0.1, 0.15) is 17.8 Å². The fourth-order valence-electron chi connectivity index (χ4n) is 3.91. The number of nitrogens with zero attached hydrogens (tertiary/aromatic N) is 4. The topological polar surface area (TPSA) is 74.3 Å². The average Bonchev–Trinajstić information content (AvgIpc) is 2.98. The Hall–Kier alpha value is -2.31. The summed E-state index contributed by atoms with van der Waals surface area (Å²) in [6, 6.07) is 2.01. The normalized spacial score (nSPS) is 25.2. The third kappa shape index (κ3) is 2.57. The van der Waals surface area contributed by atoms with Gasteiger partial charge in [0.2, 0.25) is 0 Å². The maximum absolute atomic E-state index is 12.0. The molecule has 2 aliphatic rings. The van der Waals surface area contributed by atoms with E-state index in [4.69, 9.17) is 4.74 Å². The van der Waals surface area contributed by atoms with Gasteiger partial charge in [-0.15, -0.1) is 0 Å². The Morgan fingerprint density at radius 1 is 1.42 bits per heavy atom. The second-order valence-corrected chi connectivity index (χ2v) is 7.15. The quantitative estimate of drug-likeness (QED) is 0.930. The van der Waals surface area contributed by atoms with Gasteiger partial charge in [-0.3, -0.25) is 0 Å². The van der Waals surface area contributed by atoms with Crippen molar-refractivity contribution in [3.8, 4) is 0 Å². The molecule has 2 aromatic rings. The molecule has 2 fully saturated rings. The lowest BCUT2D eigenvalue weighted by molar-refractivity contribution is 0.0791. The van der Waals surface area contributed by atoms with Gasteiger partial charge >= 0.3 is 6.09 Å². The summed E-state index contributed by atoms with van der Waals surface area (Å²) in [6.07, 6.45) is 3.26. The number of hydrogen-bond acceptors (Lipinski definition) is 5. The minimum atomic E-state index is -0.172. The van der Waals surface area contributed by atoms with E-state index in [1.54, 1.807) is 6.33 Å². The fourth-order valence-corrected chi connectivity index (χ4v) is 3.91. The molecule has 1 aliphatic carbocycles. The zero-order valence-electron chi connectivity index (χ0n) is 14.3. The van der Waals surface area contributed by atoms with Crippen LogP contribution in [0.25, 0.3) is 11.0 Å². The van der Waals surface area contributed by atoms with Gasteiger partial charge < -0.3 is 19.5 Å². The Morgan fingerprint density at radius 3 is 2.88 bits per heavy atom. The van der Waals surface area contributed by atoms with Crippen LogP contribution in [-0.2, 0) is 4.74 Å². The molecule has 1 aliphatic heterocycles. The summed E-state index contributed by atoms with van der Waals surface area (Å²) in [5.41, 5.74) is 0.866. The van der Waals surface area contributed by atoms with Crippen LogP contribution in [0.3, 0.4) is 0 Å². The monoisotopic (exact) mass is 329 g/mol. The number of anilines is 1. The van der Waals surface area contributed by atoms with Crippen molar-refractivity contribution in [3.63, 3.8) is 0 Å². The maximum atomic E-state index is 12.0. The van der Waals surface area contributed by atoms with E-state index in [1.807, 2.05) is 31.0 Å². The van der Waals surface area contributed by atoms with Crippen LogP contribution in [0.1, 0.15) is 13.8 Å². The first-order valence-electron chi connectivity index (χ1n) is 8.49. The molecule has 7 heteroatoms. The highest BCUT2D eigenvalue weighted by molar-refractivity contribution is 5.87. The van der Waals surface area contributed by atoms with Gasteiger partial charge in [-0.05, 0) is 37.7 Å². The molecular weight excluding hydrogens is 306 g/mol. The summed E-state index contributed by atoms with van der Waals surface area (Å²) in [4.78, 5) is 27.8. The van der Waals surface area contributed by atoms with Gasteiger partial charge in [0.25, 0.3) is 0 Å². The van der Waals surface area contributed by atoms with Crippen molar-refractivity contribution in [2.75, 3.05) is 31.6 Å². The van der Waals surface area contributed by atoms with Crippen LogP contribution >= 0.6 is 0 Å². The molecule has 2 unspecified atom stereocenters. The molecule has 0 bridgehead atoms. The number of carbonyl (C=O) groups is 1. The summed E-state index contributed by atoms with van der Waals surface area (Å²) >= 11 is 0. The van der Waals surface area contributed by atoms with Crippen molar-refractivity contribution in [2.24, 2.45) is 17.8 Å². The Balaban J connectivity index is 1.36. The van der Waals surface area contributed by atoms with E-state index in [0.717, 1.165) is 36.5 Å². The molecule has 3 heterocycles. The number of H-pyrrole nitrogens is 1. The molecule has 0 radical (unpaired) electrons. The van der Waals surface area contributed by atoms with Crippen LogP contribution < -0.4 is 4.90 Å². The second kappa shape index (κ2) is 5.65. The molecular formula is C17H23N5O2. The molecule has 1 N–H and O–H groups in total. The number of amides is 1. The summed E-state index contributed by atoms with van der Waals surface area (Å²) in [6.45, 7) is 6.36. The number of ether oxygens (including phenoxy) is 1.